The number of ether oxygens (including phenoxy) is 2. The Morgan fingerprint density at radius 3 is 2.40 bits per heavy atom. The van der Waals surface area contributed by atoms with E-state index in [2.05, 4.69) is 11.7 Å². The van der Waals surface area contributed by atoms with Gasteiger partial charge < -0.3 is 15.2 Å². The third-order valence-electron chi connectivity index (χ3n) is 3.11. The van der Waals surface area contributed by atoms with Crippen molar-refractivity contribution in [2.24, 2.45) is 5.73 Å². The molecular weight excluding hydrogens is 194 g/mol. The number of hydrogen-bond acceptors (Lipinski definition) is 4. The van der Waals surface area contributed by atoms with Gasteiger partial charge in [-0.1, -0.05) is 12.8 Å². The maximum atomic E-state index is 11.2. The summed E-state index contributed by atoms with van der Waals surface area (Å²) in [5.41, 5.74) is 5.60. The fraction of sp³-hybridized carbons (Fsp3) is 0.909. The predicted octanol–water partition coefficient (Wildman–Crippen LogP) is 1.22. The van der Waals surface area contributed by atoms with Gasteiger partial charge in [0.25, 0.3) is 0 Å². The summed E-state index contributed by atoms with van der Waals surface area (Å²) in [6, 6.07) is -0.688. The lowest BCUT2D eigenvalue weighted by Crippen LogP contribution is -2.46. The molecule has 4 nitrogen and oxygen atoms in total. The number of rotatable bonds is 4. The summed E-state index contributed by atoms with van der Waals surface area (Å²) in [6.45, 7) is 3.91. The number of carbonyl (C=O) groups is 1. The van der Waals surface area contributed by atoms with Crippen molar-refractivity contribution >= 4 is 5.97 Å². The monoisotopic (exact) mass is 215 g/mol. The van der Waals surface area contributed by atoms with Crippen LogP contribution in [0.3, 0.4) is 0 Å². The average Bonchev–Trinajstić information content (AvgIpc) is 2.62. The lowest BCUT2D eigenvalue weighted by atomic mass is 10.0. The largest absolute Gasteiger partial charge is 0.468 e. The van der Waals surface area contributed by atoms with Crippen LogP contribution < -0.4 is 5.73 Å². The van der Waals surface area contributed by atoms with E-state index >= 15 is 0 Å². The molecule has 0 heterocycles. The third-order valence-corrected chi connectivity index (χ3v) is 3.11. The number of nitrogens with two attached hydrogens (primary N) is 1. The van der Waals surface area contributed by atoms with Gasteiger partial charge in [-0.05, 0) is 26.7 Å². The minimum absolute atomic E-state index is 0.106. The van der Waals surface area contributed by atoms with E-state index in [1.807, 2.05) is 6.92 Å². The van der Waals surface area contributed by atoms with Gasteiger partial charge in [0.1, 0.15) is 6.04 Å². The quantitative estimate of drug-likeness (QED) is 0.716. The molecule has 0 saturated heterocycles. The zero-order chi connectivity index (χ0) is 11.5. The molecule has 0 radical (unpaired) electrons. The molecule has 88 valence electrons. The van der Waals surface area contributed by atoms with E-state index < -0.39 is 12.0 Å². The van der Waals surface area contributed by atoms with Crippen LogP contribution in [0.25, 0.3) is 0 Å². The molecule has 0 aromatic rings. The van der Waals surface area contributed by atoms with Crippen LogP contribution >= 0.6 is 0 Å². The molecule has 0 aliphatic heterocycles. The summed E-state index contributed by atoms with van der Waals surface area (Å²) in [5, 5.41) is 0. The molecule has 0 bridgehead atoms. The first-order valence-electron chi connectivity index (χ1n) is 5.50. The van der Waals surface area contributed by atoms with Gasteiger partial charge in [-0.15, -0.1) is 0 Å². The second-order valence-corrected chi connectivity index (χ2v) is 4.53. The van der Waals surface area contributed by atoms with Crippen LogP contribution in [0.5, 0.6) is 0 Å². The van der Waals surface area contributed by atoms with E-state index in [4.69, 9.17) is 10.5 Å². The smallest absolute Gasteiger partial charge is 0.325 e. The van der Waals surface area contributed by atoms with E-state index in [9.17, 15) is 4.79 Å². The maximum Gasteiger partial charge on any atom is 0.325 e. The Labute approximate surface area is 91.1 Å². The highest BCUT2D eigenvalue weighted by molar-refractivity contribution is 5.76. The molecule has 4 heteroatoms. The number of hydrogen-bond donors (Lipinski definition) is 1. The standard InChI is InChI=1S/C11H21NO3/c1-8(9(12)10(13)14-3)15-11(2)6-4-5-7-11/h8-9H,4-7,12H2,1-3H3. The van der Waals surface area contributed by atoms with Gasteiger partial charge in [0, 0.05) is 0 Å². The highest BCUT2D eigenvalue weighted by atomic mass is 16.5. The molecule has 2 unspecified atom stereocenters. The molecule has 1 fully saturated rings. The van der Waals surface area contributed by atoms with E-state index in [-0.39, 0.29) is 11.7 Å². The molecule has 15 heavy (non-hydrogen) atoms. The first-order valence-corrected chi connectivity index (χ1v) is 5.50. The summed E-state index contributed by atoms with van der Waals surface area (Å²) in [5.74, 6) is -0.413. The van der Waals surface area contributed by atoms with Gasteiger partial charge in [-0.3, -0.25) is 4.79 Å². The zero-order valence-corrected chi connectivity index (χ0v) is 9.79. The maximum absolute atomic E-state index is 11.2. The predicted molar refractivity (Wildman–Crippen MR) is 57.4 cm³/mol. The summed E-state index contributed by atoms with van der Waals surface area (Å²) in [4.78, 5) is 11.2. The van der Waals surface area contributed by atoms with Crippen molar-refractivity contribution in [3.8, 4) is 0 Å². The molecule has 1 aliphatic rings. The van der Waals surface area contributed by atoms with Crippen molar-refractivity contribution in [3.63, 3.8) is 0 Å². The van der Waals surface area contributed by atoms with Crippen molar-refractivity contribution in [1.82, 2.24) is 0 Å². The second-order valence-electron chi connectivity index (χ2n) is 4.53. The second kappa shape index (κ2) is 4.94. The van der Waals surface area contributed by atoms with Crippen LogP contribution in [0.1, 0.15) is 39.5 Å². The van der Waals surface area contributed by atoms with E-state index in [0.717, 1.165) is 12.8 Å². The van der Waals surface area contributed by atoms with Gasteiger partial charge in [0.15, 0.2) is 0 Å². The SMILES string of the molecule is COC(=O)C(N)C(C)OC1(C)CCCC1. The minimum atomic E-state index is -0.688. The lowest BCUT2D eigenvalue weighted by Gasteiger charge is -2.30. The fourth-order valence-corrected chi connectivity index (χ4v) is 2.09. The Morgan fingerprint density at radius 2 is 1.93 bits per heavy atom. The average molecular weight is 215 g/mol. The van der Waals surface area contributed by atoms with Crippen molar-refractivity contribution < 1.29 is 14.3 Å². The Bertz CT molecular complexity index is 224. The molecule has 1 saturated carbocycles. The zero-order valence-electron chi connectivity index (χ0n) is 9.79. The summed E-state index contributed by atoms with van der Waals surface area (Å²) in [6.07, 6.45) is 4.18. The topological polar surface area (TPSA) is 61.5 Å². The molecule has 0 spiro atoms. The lowest BCUT2D eigenvalue weighted by molar-refractivity contribution is -0.150. The Kier molecular flexibility index (Phi) is 4.11. The van der Waals surface area contributed by atoms with E-state index in [0.29, 0.717) is 0 Å². The van der Waals surface area contributed by atoms with Gasteiger partial charge in [0.2, 0.25) is 0 Å². The Balaban J connectivity index is 2.47. The summed E-state index contributed by atoms with van der Waals surface area (Å²) < 4.78 is 10.4. The summed E-state index contributed by atoms with van der Waals surface area (Å²) in [7, 11) is 1.34. The van der Waals surface area contributed by atoms with E-state index in [1.165, 1.54) is 20.0 Å². The number of methoxy groups -OCH3 is 1. The number of carbonyl (C=O) groups excluding carboxylic acids is 1. The Hall–Kier alpha value is -0.610. The van der Waals surface area contributed by atoms with Crippen LogP contribution in [-0.4, -0.2) is 30.8 Å². The van der Waals surface area contributed by atoms with Crippen LogP contribution in [0.15, 0.2) is 0 Å². The fourth-order valence-electron chi connectivity index (χ4n) is 2.09. The molecule has 2 atom stereocenters. The molecule has 0 aromatic carbocycles. The summed E-state index contributed by atoms with van der Waals surface area (Å²) >= 11 is 0. The molecule has 2 N–H and O–H groups in total. The van der Waals surface area contributed by atoms with E-state index in [1.54, 1.807) is 0 Å². The van der Waals surface area contributed by atoms with Gasteiger partial charge >= 0.3 is 5.97 Å². The molecule has 1 rings (SSSR count). The number of esters is 1. The van der Waals surface area contributed by atoms with Crippen LogP contribution in [0.2, 0.25) is 0 Å². The van der Waals surface area contributed by atoms with Crippen molar-refractivity contribution in [1.29, 1.82) is 0 Å². The van der Waals surface area contributed by atoms with Crippen LogP contribution in [0.4, 0.5) is 0 Å². The highest BCUT2D eigenvalue weighted by Crippen LogP contribution is 2.33. The highest BCUT2D eigenvalue weighted by Gasteiger charge is 2.34. The first kappa shape index (κ1) is 12.5. The molecule has 1 aliphatic carbocycles. The third kappa shape index (κ3) is 3.18. The normalized spacial score (nSPS) is 23.5. The van der Waals surface area contributed by atoms with Gasteiger partial charge in [-0.25, -0.2) is 0 Å². The van der Waals surface area contributed by atoms with Crippen molar-refractivity contribution in [2.45, 2.75) is 57.3 Å². The van der Waals surface area contributed by atoms with Crippen LogP contribution in [0, 0.1) is 0 Å². The Morgan fingerprint density at radius 1 is 1.40 bits per heavy atom. The molecule has 0 aromatic heterocycles. The van der Waals surface area contributed by atoms with Gasteiger partial charge in [0.05, 0.1) is 18.8 Å². The van der Waals surface area contributed by atoms with Crippen molar-refractivity contribution in [3.05, 3.63) is 0 Å². The first-order chi connectivity index (χ1) is 6.98. The minimum Gasteiger partial charge on any atom is -0.468 e. The van der Waals surface area contributed by atoms with Crippen molar-refractivity contribution in [2.75, 3.05) is 7.11 Å². The molecular formula is C11H21NO3. The molecule has 0 amide bonds. The van der Waals surface area contributed by atoms with Crippen LogP contribution in [-0.2, 0) is 14.3 Å². The van der Waals surface area contributed by atoms with Gasteiger partial charge in [-0.2, -0.15) is 0 Å².